The second-order valence-corrected chi connectivity index (χ2v) is 7.40. The highest BCUT2D eigenvalue weighted by atomic mass is 32.1. The van der Waals surface area contributed by atoms with Crippen LogP contribution in [0.15, 0.2) is 54.7 Å². The third kappa shape index (κ3) is 4.25. The highest BCUT2D eigenvalue weighted by Crippen LogP contribution is 2.41. The average Bonchev–Trinajstić information content (AvgIpc) is 3.43. The summed E-state index contributed by atoms with van der Waals surface area (Å²) in [6.45, 7) is 0. The van der Waals surface area contributed by atoms with E-state index in [1.165, 1.54) is 48.1 Å². The van der Waals surface area contributed by atoms with Gasteiger partial charge in [0.1, 0.15) is 16.6 Å². The zero-order valence-corrected chi connectivity index (χ0v) is 15.5. The smallest absolute Gasteiger partial charge is 0.326 e. The van der Waals surface area contributed by atoms with Gasteiger partial charge in [-0.3, -0.25) is 10.2 Å². The van der Waals surface area contributed by atoms with Crippen LogP contribution in [0.4, 0.5) is 19.9 Å². The predicted octanol–water partition coefficient (Wildman–Crippen LogP) is 5.62. The molecule has 1 aliphatic rings. The van der Waals surface area contributed by atoms with Crippen LogP contribution in [-0.2, 0) is 0 Å². The largest absolute Gasteiger partial charge is 0.431 e. The van der Waals surface area contributed by atoms with E-state index in [-0.39, 0.29) is 11.8 Å². The van der Waals surface area contributed by atoms with Gasteiger partial charge in [0.25, 0.3) is 5.19 Å². The number of carbonyl (C=O) groups excluding carboxylic acids is 1. The lowest BCUT2D eigenvalue weighted by Crippen LogP contribution is -2.30. The summed E-state index contributed by atoms with van der Waals surface area (Å²) in [5.41, 5.74) is 2.12. The molecule has 7 heteroatoms. The number of benzene rings is 2. The summed E-state index contributed by atoms with van der Waals surface area (Å²) in [7, 11) is 1.73. The molecule has 1 aliphatic carbocycles. The Kier molecular flexibility index (Phi) is 4.77. The third-order valence-corrected chi connectivity index (χ3v) is 5.12. The maximum absolute atomic E-state index is 13.2. The topological polar surface area (TPSA) is 54.5 Å². The zero-order valence-electron chi connectivity index (χ0n) is 14.7. The number of nitrogens with one attached hydrogen (secondary N) is 1. The molecule has 2 amide bonds. The van der Waals surface area contributed by atoms with Crippen molar-refractivity contribution in [2.45, 2.75) is 18.8 Å². The number of urea groups is 1. The van der Waals surface area contributed by atoms with Gasteiger partial charge in [0.15, 0.2) is 0 Å². The number of ether oxygens (including phenoxy) is 1. The highest BCUT2D eigenvalue weighted by molar-refractivity contribution is 7.17. The summed E-state index contributed by atoms with van der Waals surface area (Å²) in [4.78, 5) is 18.2. The minimum atomic E-state index is -0.382. The van der Waals surface area contributed by atoms with Gasteiger partial charge in [0.2, 0.25) is 0 Å². The van der Waals surface area contributed by atoms with Gasteiger partial charge < -0.3 is 4.74 Å². The van der Waals surface area contributed by atoms with Crippen LogP contribution in [0.5, 0.6) is 10.9 Å². The van der Waals surface area contributed by atoms with Gasteiger partial charge in [-0.1, -0.05) is 29.5 Å². The van der Waals surface area contributed by atoms with Crippen LogP contribution >= 0.6 is 11.3 Å². The Balaban J connectivity index is 1.40. The van der Waals surface area contributed by atoms with E-state index < -0.39 is 0 Å². The maximum Gasteiger partial charge on any atom is 0.326 e. The Bertz CT molecular complexity index is 971. The van der Waals surface area contributed by atoms with Crippen molar-refractivity contribution in [3.05, 3.63) is 66.1 Å². The van der Waals surface area contributed by atoms with Crippen LogP contribution < -0.4 is 15.0 Å². The first-order valence-corrected chi connectivity index (χ1v) is 9.44. The Morgan fingerprint density at radius 2 is 2.07 bits per heavy atom. The van der Waals surface area contributed by atoms with Crippen LogP contribution in [0.2, 0.25) is 0 Å². The Hall–Kier alpha value is -2.93. The van der Waals surface area contributed by atoms with Crippen LogP contribution in [0.1, 0.15) is 24.3 Å². The number of rotatable bonds is 5. The Morgan fingerprint density at radius 1 is 1.26 bits per heavy atom. The molecule has 0 bridgehead atoms. The van der Waals surface area contributed by atoms with Crippen LogP contribution in [0.25, 0.3) is 0 Å². The summed E-state index contributed by atoms with van der Waals surface area (Å²) in [6.07, 6.45) is 3.95. The van der Waals surface area contributed by atoms with Crippen molar-refractivity contribution in [2.75, 3.05) is 17.3 Å². The van der Waals surface area contributed by atoms with E-state index in [9.17, 15) is 9.18 Å². The second kappa shape index (κ2) is 7.36. The van der Waals surface area contributed by atoms with E-state index in [0.29, 0.717) is 21.9 Å². The van der Waals surface area contributed by atoms with E-state index in [4.69, 9.17) is 4.74 Å². The van der Waals surface area contributed by atoms with E-state index in [1.54, 1.807) is 24.1 Å². The average molecular weight is 383 g/mol. The molecular formula is C20H18FN3O2S. The molecule has 2 aromatic carbocycles. The molecule has 0 unspecified atom stereocenters. The van der Waals surface area contributed by atoms with Crippen molar-refractivity contribution in [1.82, 2.24) is 4.98 Å². The molecule has 0 saturated heterocycles. The number of hydrogen-bond acceptors (Lipinski definition) is 4. The number of halogens is 1. The monoisotopic (exact) mass is 383 g/mol. The molecule has 0 atom stereocenters. The standard InChI is InChI=1S/C20H18FN3O2S/c1-24(16-6-2-4-14(10-16)13-8-9-13)19(25)23-18-12-22-20(27-18)26-17-7-3-5-15(21)11-17/h2-7,10-13H,8-9H2,1H3,(H,23,25). The summed E-state index contributed by atoms with van der Waals surface area (Å²) >= 11 is 1.18. The molecular weight excluding hydrogens is 365 g/mol. The van der Waals surface area contributed by atoms with E-state index in [2.05, 4.69) is 22.4 Å². The quantitative estimate of drug-likeness (QED) is 0.622. The SMILES string of the molecule is CN(C(=O)Nc1cnc(Oc2cccc(F)c2)s1)c1cccc(C2CC2)c1. The van der Waals surface area contributed by atoms with Gasteiger partial charge in [-0.2, -0.15) is 0 Å². The molecule has 1 heterocycles. The fourth-order valence-electron chi connectivity index (χ4n) is 2.70. The minimum absolute atomic E-state index is 0.260. The molecule has 4 rings (SSSR count). The van der Waals surface area contributed by atoms with Gasteiger partial charge >= 0.3 is 6.03 Å². The molecule has 1 N–H and O–H groups in total. The summed E-state index contributed by atoms with van der Waals surface area (Å²) in [5.74, 6) is 0.606. The van der Waals surface area contributed by atoms with Crippen molar-refractivity contribution in [3.63, 3.8) is 0 Å². The van der Waals surface area contributed by atoms with Crippen LogP contribution in [0, 0.1) is 5.82 Å². The number of carbonyl (C=O) groups is 1. The number of nitrogens with zero attached hydrogens (tertiary/aromatic N) is 2. The van der Waals surface area contributed by atoms with Crippen LogP contribution in [0.3, 0.4) is 0 Å². The first-order chi connectivity index (χ1) is 13.1. The van der Waals surface area contributed by atoms with E-state index in [1.807, 2.05) is 12.1 Å². The fourth-order valence-corrected chi connectivity index (χ4v) is 3.38. The Labute approximate surface area is 160 Å². The predicted molar refractivity (Wildman–Crippen MR) is 104 cm³/mol. The van der Waals surface area contributed by atoms with Crippen molar-refractivity contribution in [2.24, 2.45) is 0 Å². The van der Waals surface area contributed by atoms with E-state index in [0.717, 1.165) is 5.69 Å². The van der Waals surface area contributed by atoms with Crippen LogP contribution in [-0.4, -0.2) is 18.1 Å². The molecule has 1 aromatic heterocycles. The van der Waals surface area contributed by atoms with E-state index >= 15 is 0 Å². The lowest BCUT2D eigenvalue weighted by atomic mass is 10.1. The normalized spacial score (nSPS) is 13.3. The van der Waals surface area contributed by atoms with Gasteiger partial charge in [0.05, 0.1) is 6.20 Å². The maximum atomic E-state index is 13.2. The summed E-state index contributed by atoms with van der Waals surface area (Å²) in [5, 5.41) is 3.69. The molecule has 3 aromatic rings. The Morgan fingerprint density at radius 3 is 2.85 bits per heavy atom. The number of anilines is 2. The van der Waals surface area contributed by atoms with Crippen molar-refractivity contribution >= 4 is 28.1 Å². The number of hydrogen-bond donors (Lipinski definition) is 1. The first-order valence-electron chi connectivity index (χ1n) is 8.62. The minimum Gasteiger partial charge on any atom is -0.431 e. The zero-order chi connectivity index (χ0) is 18.8. The number of aromatic nitrogens is 1. The molecule has 0 radical (unpaired) electrons. The first kappa shape index (κ1) is 17.5. The molecule has 138 valence electrons. The molecule has 0 aliphatic heterocycles. The summed E-state index contributed by atoms with van der Waals surface area (Å²) in [6, 6.07) is 13.6. The molecule has 1 fully saturated rings. The van der Waals surface area contributed by atoms with Crippen molar-refractivity contribution < 1.29 is 13.9 Å². The summed E-state index contributed by atoms with van der Waals surface area (Å²) < 4.78 is 18.7. The molecule has 5 nitrogen and oxygen atoms in total. The fraction of sp³-hybridized carbons (Fsp3) is 0.200. The third-order valence-electron chi connectivity index (χ3n) is 4.33. The molecule has 0 spiro atoms. The van der Waals surface area contributed by atoms with Gasteiger partial charge in [-0.15, -0.1) is 0 Å². The second-order valence-electron chi connectivity index (χ2n) is 6.41. The highest BCUT2D eigenvalue weighted by Gasteiger charge is 2.24. The van der Waals surface area contributed by atoms with Crippen molar-refractivity contribution in [1.29, 1.82) is 0 Å². The molecule has 27 heavy (non-hydrogen) atoms. The lowest BCUT2D eigenvalue weighted by Gasteiger charge is -2.18. The lowest BCUT2D eigenvalue weighted by molar-refractivity contribution is 0.258. The van der Waals surface area contributed by atoms with Gasteiger partial charge in [-0.25, -0.2) is 14.2 Å². The van der Waals surface area contributed by atoms with Gasteiger partial charge in [-0.05, 0) is 48.6 Å². The number of amides is 2. The van der Waals surface area contributed by atoms with Crippen molar-refractivity contribution in [3.8, 4) is 10.9 Å². The van der Waals surface area contributed by atoms with Gasteiger partial charge in [0, 0.05) is 18.8 Å². The molecule has 1 saturated carbocycles. The number of thiazole rings is 1.